The van der Waals surface area contributed by atoms with Gasteiger partial charge in [-0.15, -0.1) is 0 Å². The van der Waals surface area contributed by atoms with Gasteiger partial charge < -0.3 is 29.0 Å². The molecule has 0 bridgehead atoms. The van der Waals surface area contributed by atoms with E-state index < -0.39 is 6.04 Å². The van der Waals surface area contributed by atoms with Crippen molar-refractivity contribution in [1.29, 1.82) is 0 Å². The molecule has 0 fully saturated rings. The largest absolute Gasteiger partial charge is 0.497 e. The molecule has 1 aliphatic rings. The predicted octanol–water partition coefficient (Wildman–Crippen LogP) is 6.27. The number of nitrogens with one attached hydrogen (secondary N) is 1. The van der Waals surface area contributed by atoms with Crippen LogP contribution in [0.3, 0.4) is 0 Å². The van der Waals surface area contributed by atoms with Gasteiger partial charge in [0, 0.05) is 18.3 Å². The van der Waals surface area contributed by atoms with Crippen molar-refractivity contribution in [2.24, 2.45) is 0 Å². The monoisotopic (exact) mass is 568 g/mol. The Morgan fingerprint density at radius 3 is 2.33 bits per heavy atom. The van der Waals surface area contributed by atoms with E-state index in [0.717, 1.165) is 35.5 Å². The van der Waals surface area contributed by atoms with Crippen molar-refractivity contribution in [3.05, 3.63) is 96.3 Å². The maximum Gasteiger partial charge on any atom is 0.322 e. The number of aromatic nitrogens is 1. The maximum atomic E-state index is 14.5. The van der Waals surface area contributed by atoms with E-state index in [2.05, 4.69) is 16.8 Å². The molecule has 0 radical (unpaired) electrons. The molecule has 1 N–H and O–H groups in total. The molecule has 0 saturated carbocycles. The van der Waals surface area contributed by atoms with Crippen molar-refractivity contribution < 1.29 is 23.8 Å². The molecule has 218 valence electrons. The fraction of sp³-hybridized carbons (Fsp3) is 0.273. The van der Waals surface area contributed by atoms with Gasteiger partial charge >= 0.3 is 6.03 Å². The van der Waals surface area contributed by atoms with Crippen LogP contribution < -0.4 is 24.4 Å². The second kappa shape index (κ2) is 12.7. The summed E-state index contributed by atoms with van der Waals surface area (Å²) in [5.74, 6) is 1.60. The van der Waals surface area contributed by atoms with Crippen molar-refractivity contribution in [2.75, 3.05) is 44.6 Å². The summed E-state index contributed by atoms with van der Waals surface area (Å²) < 4.78 is 18.8. The van der Waals surface area contributed by atoms with Crippen LogP contribution in [-0.2, 0) is 4.79 Å². The molecule has 42 heavy (non-hydrogen) atoms. The number of fused-ring (bicyclic) bond motifs is 3. The lowest BCUT2D eigenvalue weighted by Crippen LogP contribution is -2.48. The number of unbranched alkanes of at least 4 members (excludes halogenated alkanes) is 1. The molecular formula is C33H36N4O5. The van der Waals surface area contributed by atoms with Crippen molar-refractivity contribution in [3.63, 3.8) is 0 Å². The highest BCUT2D eigenvalue weighted by molar-refractivity contribution is 6.01. The summed E-state index contributed by atoms with van der Waals surface area (Å²) in [6, 6.07) is 23.6. The zero-order valence-electron chi connectivity index (χ0n) is 24.4. The Bertz CT molecular complexity index is 1570. The minimum absolute atomic E-state index is 0.126. The average molecular weight is 569 g/mol. The molecule has 9 heteroatoms. The minimum Gasteiger partial charge on any atom is -0.497 e. The summed E-state index contributed by atoms with van der Waals surface area (Å²) in [6.07, 6.45) is 3.61. The van der Waals surface area contributed by atoms with E-state index in [0.29, 0.717) is 29.5 Å². The van der Waals surface area contributed by atoms with E-state index in [4.69, 9.17) is 14.2 Å². The zero-order valence-corrected chi connectivity index (χ0v) is 24.4. The predicted molar refractivity (Wildman–Crippen MR) is 163 cm³/mol. The lowest BCUT2D eigenvalue weighted by atomic mass is 9.96. The molecule has 1 atom stereocenters. The van der Waals surface area contributed by atoms with Crippen LogP contribution in [0.1, 0.15) is 37.1 Å². The number of hydrogen-bond acceptors (Lipinski definition) is 5. The molecule has 3 aromatic carbocycles. The third kappa shape index (κ3) is 5.50. The molecule has 2 heterocycles. The van der Waals surface area contributed by atoms with Crippen LogP contribution in [0.15, 0.2) is 85.1 Å². The number of urea groups is 1. The van der Waals surface area contributed by atoms with Gasteiger partial charge in [0.2, 0.25) is 5.91 Å². The third-order valence-electron chi connectivity index (χ3n) is 7.46. The number of carbonyl (C=O) groups excluding carboxylic acids is 2. The van der Waals surface area contributed by atoms with Gasteiger partial charge in [0.1, 0.15) is 29.8 Å². The van der Waals surface area contributed by atoms with Crippen LogP contribution in [0.2, 0.25) is 0 Å². The fourth-order valence-corrected chi connectivity index (χ4v) is 5.39. The Morgan fingerprint density at radius 2 is 1.60 bits per heavy atom. The van der Waals surface area contributed by atoms with E-state index in [1.807, 2.05) is 72.9 Å². The number of nitrogens with zero attached hydrogens (tertiary/aromatic N) is 3. The summed E-state index contributed by atoms with van der Waals surface area (Å²) in [4.78, 5) is 31.4. The Balaban J connectivity index is 1.56. The van der Waals surface area contributed by atoms with E-state index in [-0.39, 0.29) is 18.5 Å². The van der Waals surface area contributed by atoms with Gasteiger partial charge in [-0.1, -0.05) is 37.6 Å². The van der Waals surface area contributed by atoms with Crippen molar-refractivity contribution in [1.82, 2.24) is 9.47 Å². The second-order valence-electron chi connectivity index (χ2n) is 9.97. The van der Waals surface area contributed by atoms with Crippen LogP contribution in [-0.4, -0.2) is 55.8 Å². The Hall–Kier alpha value is -4.92. The smallest absolute Gasteiger partial charge is 0.322 e. The molecule has 1 unspecified atom stereocenters. The summed E-state index contributed by atoms with van der Waals surface area (Å²) in [7, 11) is 4.78. The molecule has 0 saturated heterocycles. The molecule has 1 aliphatic heterocycles. The number of benzene rings is 3. The first-order valence-corrected chi connectivity index (χ1v) is 14.0. The molecule has 3 amide bonds. The summed E-state index contributed by atoms with van der Waals surface area (Å²) >= 11 is 0. The molecular weight excluding hydrogens is 532 g/mol. The number of rotatable bonds is 10. The highest BCUT2D eigenvalue weighted by atomic mass is 16.5. The minimum atomic E-state index is -0.530. The number of amides is 3. The summed E-state index contributed by atoms with van der Waals surface area (Å²) in [5, 5.41) is 2.94. The van der Waals surface area contributed by atoms with Crippen molar-refractivity contribution >= 4 is 23.3 Å². The number of para-hydroxylation sites is 4. The van der Waals surface area contributed by atoms with Crippen LogP contribution in [0.25, 0.3) is 5.69 Å². The molecule has 5 rings (SSSR count). The van der Waals surface area contributed by atoms with Crippen LogP contribution in [0.4, 0.5) is 16.2 Å². The van der Waals surface area contributed by atoms with Gasteiger partial charge in [-0.2, -0.15) is 0 Å². The number of carbonyl (C=O) groups is 2. The molecule has 1 aromatic heterocycles. The van der Waals surface area contributed by atoms with E-state index in [9.17, 15) is 9.59 Å². The van der Waals surface area contributed by atoms with Crippen LogP contribution in [0.5, 0.6) is 17.2 Å². The highest BCUT2D eigenvalue weighted by Gasteiger charge is 2.38. The fourth-order valence-electron chi connectivity index (χ4n) is 5.39. The Labute approximate surface area is 246 Å². The number of methoxy groups -OCH3 is 3. The number of ether oxygens (including phenoxy) is 3. The molecule has 0 spiro atoms. The van der Waals surface area contributed by atoms with E-state index in [1.165, 1.54) is 0 Å². The third-order valence-corrected chi connectivity index (χ3v) is 7.46. The first kappa shape index (κ1) is 28.6. The number of hydrogen-bond donors (Lipinski definition) is 1. The number of anilines is 2. The Kier molecular flexibility index (Phi) is 8.66. The van der Waals surface area contributed by atoms with E-state index >= 15 is 0 Å². The lowest BCUT2D eigenvalue weighted by molar-refractivity contribution is -0.119. The average Bonchev–Trinajstić information content (AvgIpc) is 3.52. The maximum absolute atomic E-state index is 14.5. The first-order chi connectivity index (χ1) is 20.5. The van der Waals surface area contributed by atoms with Crippen molar-refractivity contribution in [2.45, 2.75) is 25.8 Å². The normalized spacial score (nSPS) is 13.5. The second-order valence-corrected chi connectivity index (χ2v) is 9.97. The quantitative estimate of drug-likeness (QED) is 0.244. The van der Waals surface area contributed by atoms with Gasteiger partial charge in [-0.3, -0.25) is 9.69 Å². The lowest BCUT2D eigenvalue weighted by Gasteiger charge is -2.40. The van der Waals surface area contributed by atoms with Gasteiger partial charge in [0.25, 0.3) is 0 Å². The van der Waals surface area contributed by atoms with Gasteiger partial charge in [-0.25, -0.2) is 4.79 Å². The molecule has 0 aliphatic carbocycles. The molecule has 4 aromatic rings. The molecule has 9 nitrogen and oxygen atoms in total. The van der Waals surface area contributed by atoms with Gasteiger partial charge in [-0.05, 0) is 61.0 Å². The zero-order chi connectivity index (χ0) is 29.6. The topological polar surface area (TPSA) is 85.3 Å². The van der Waals surface area contributed by atoms with Gasteiger partial charge in [0.05, 0.1) is 44.1 Å². The highest BCUT2D eigenvalue weighted by Crippen LogP contribution is 2.45. The van der Waals surface area contributed by atoms with Crippen molar-refractivity contribution in [3.8, 4) is 22.9 Å². The first-order valence-electron chi connectivity index (χ1n) is 14.0. The van der Waals surface area contributed by atoms with Crippen LogP contribution >= 0.6 is 0 Å². The van der Waals surface area contributed by atoms with Crippen LogP contribution in [0, 0.1) is 0 Å². The van der Waals surface area contributed by atoms with Gasteiger partial charge in [0.15, 0.2) is 0 Å². The summed E-state index contributed by atoms with van der Waals surface area (Å²) in [5.41, 5.74) is 3.83. The van der Waals surface area contributed by atoms with E-state index in [1.54, 1.807) is 43.3 Å². The standard InChI is InChI=1S/C33H36N4O5/c1-5-6-19-35(33(39)34-25-12-7-10-16-30(25)42-4)22-31(38)37-27-14-9-8-13-26(27)36-20-11-15-28(36)32(37)24-21-23(40-2)17-18-29(24)41-3/h7-18,20-21,32H,5-6,19,22H2,1-4H3,(H,34,39). The SMILES string of the molecule is CCCCN(CC(=O)N1c2ccccc2-n2cccc2C1c1cc(OC)ccc1OC)C(=O)Nc1ccccc1OC. The summed E-state index contributed by atoms with van der Waals surface area (Å²) in [6.45, 7) is 2.35. The Morgan fingerprint density at radius 1 is 0.857 bits per heavy atom.